The summed E-state index contributed by atoms with van der Waals surface area (Å²) in [6, 6.07) is 7.81. The van der Waals surface area contributed by atoms with E-state index < -0.39 is 0 Å². The van der Waals surface area contributed by atoms with Gasteiger partial charge in [-0.25, -0.2) is 0 Å². The first kappa shape index (κ1) is 17.8. The molecule has 1 amide bonds. The average molecular weight is 353 g/mol. The lowest BCUT2D eigenvalue weighted by Gasteiger charge is -2.30. The summed E-state index contributed by atoms with van der Waals surface area (Å²) in [7, 11) is 0. The summed E-state index contributed by atoms with van der Waals surface area (Å²) in [5, 5.41) is 7.59. The molecule has 1 unspecified atom stereocenters. The number of hydrogen-bond donors (Lipinski definition) is 1. The number of likely N-dealkylation sites (N-methyl/N-ethyl adjacent to an activating group) is 1. The van der Waals surface area contributed by atoms with Crippen LogP contribution >= 0.6 is 23.1 Å². The molecule has 0 radical (unpaired) electrons. The quantitative estimate of drug-likeness (QED) is 0.830. The van der Waals surface area contributed by atoms with Gasteiger partial charge in [-0.1, -0.05) is 48.1 Å². The van der Waals surface area contributed by atoms with Gasteiger partial charge in [0.2, 0.25) is 0 Å². The molecule has 0 spiro atoms. The Kier molecular flexibility index (Phi) is 6.50. The number of carbonyl (C=O) groups is 1. The molecule has 0 aliphatic carbocycles. The van der Waals surface area contributed by atoms with Crippen LogP contribution in [0, 0.1) is 6.92 Å². The number of nitrogens with one attached hydrogen (secondary N) is 1. The summed E-state index contributed by atoms with van der Waals surface area (Å²) in [6.07, 6.45) is 0. The lowest BCUT2D eigenvalue weighted by molar-refractivity contribution is 0.0938. The molecule has 1 atom stereocenters. The Morgan fingerprint density at radius 1 is 1.35 bits per heavy atom. The monoisotopic (exact) mass is 352 g/mol. The fraction of sp³-hybridized carbons (Fsp3) is 0.438. The van der Waals surface area contributed by atoms with Crippen molar-refractivity contribution in [3.05, 3.63) is 45.4 Å². The number of halogens is 1. The van der Waals surface area contributed by atoms with E-state index in [2.05, 4.69) is 33.7 Å². The Bertz CT molecular complexity index is 657. The third kappa shape index (κ3) is 4.28. The van der Waals surface area contributed by atoms with Crippen molar-refractivity contribution in [2.45, 2.75) is 26.8 Å². The minimum Gasteiger partial charge on any atom is -0.349 e. The Hall–Kier alpha value is -1.50. The minimum atomic E-state index is -0.137. The molecule has 1 N–H and O–H groups in total. The minimum absolute atomic E-state index is 0.0313. The van der Waals surface area contributed by atoms with E-state index >= 15 is 0 Å². The third-order valence-electron chi connectivity index (χ3n) is 3.83. The van der Waals surface area contributed by atoms with Crippen LogP contribution in [-0.2, 0) is 0 Å². The summed E-state index contributed by atoms with van der Waals surface area (Å²) >= 11 is 7.48. The van der Waals surface area contributed by atoms with E-state index in [1.807, 2.05) is 24.3 Å². The fourth-order valence-corrected chi connectivity index (χ4v) is 3.39. The maximum absolute atomic E-state index is 12.3. The van der Waals surface area contributed by atoms with Gasteiger partial charge in [0.15, 0.2) is 0 Å². The molecule has 124 valence electrons. The zero-order valence-electron chi connectivity index (χ0n) is 13.5. The van der Waals surface area contributed by atoms with Crippen LogP contribution in [0.4, 0.5) is 0 Å². The van der Waals surface area contributed by atoms with Crippen molar-refractivity contribution in [3.63, 3.8) is 0 Å². The van der Waals surface area contributed by atoms with Crippen LogP contribution < -0.4 is 5.32 Å². The van der Waals surface area contributed by atoms with Gasteiger partial charge in [0.25, 0.3) is 5.91 Å². The Balaban J connectivity index is 2.17. The van der Waals surface area contributed by atoms with Gasteiger partial charge in [-0.15, -0.1) is 5.10 Å². The van der Waals surface area contributed by atoms with Gasteiger partial charge in [-0.3, -0.25) is 9.69 Å². The molecular weight excluding hydrogens is 332 g/mol. The highest BCUT2D eigenvalue weighted by molar-refractivity contribution is 7.07. The topological polar surface area (TPSA) is 58.1 Å². The lowest BCUT2D eigenvalue weighted by atomic mass is 10.0. The van der Waals surface area contributed by atoms with Crippen molar-refractivity contribution in [1.29, 1.82) is 0 Å². The molecule has 0 aliphatic heterocycles. The molecule has 0 saturated heterocycles. The first-order chi connectivity index (χ1) is 11.1. The summed E-state index contributed by atoms with van der Waals surface area (Å²) in [4.78, 5) is 15.1. The maximum atomic E-state index is 12.3. The van der Waals surface area contributed by atoms with Gasteiger partial charge >= 0.3 is 0 Å². The number of aryl methyl sites for hydroxylation is 1. The number of amides is 1. The summed E-state index contributed by atoms with van der Waals surface area (Å²) in [5.41, 5.74) is 1.68. The van der Waals surface area contributed by atoms with Crippen LogP contribution in [0.1, 0.15) is 40.8 Å². The Labute approximate surface area is 145 Å². The van der Waals surface area contributed by atoms with Gasteiger partial charge in [-0.05, 0) is 43.2 Å². The molecule has 0 saturated carbocycles. The summed E-state index contributed by atoms with van der Waals surface area (Å²) in [6.45, 7) is 8.24. The second-order valence-electron chi connectivity index (χ2n) is 5.16. The lowest BCUT2D eigenvalue weighted by Crippen LogP contribution is -2.38. The van der Waals surface area contributed by atoms with Gasteiger partial charge in [0.05, 0.1) is 11.7 Å². The van der Waals surface area contributed by atoms with Crippen molar-refractivity contribution in [3.8, 4) is 0 Å². The van der Waals surface area contributed by atoms with Crippen molar-refractivity contribution >= 4 is 29.0 Å². The first-order valence-corrected chi connectivity index (χ1v) is 8.79. The zero-order chi connectivity index (χ0) is 16.8. The van der Waals surface area contributed by atoms with Crippen molar-refractivity contribution in [2.75, 3.05) is 19.6 Å². The van der Waals surface area contributed by atoms with Gasteiger partial charge in [0, 0.05) is 11.6 Å². The maximum Gasteiger partial charge on any atom is 0.265 e. The predicted octanol–water partition coefficient (Wildman–Crippen LogP) is 3.31. The third-order valence-corrected chi connectivity index (χ3v) is 5.00. The van der Waals surface area contributed by atoms with Crippen LogP contribution in [0.3, 0.4) is 0 Å². The Morgan fingerprint density at radius 3 is 2.61 bits per heavy atom. The van der Waals surface area contributed by atoms with E-state index in [1.54, 1.807) is 6.92 Å². The second-order valence-corrected chi connectivity index (χ2v) is 6.32. The number of rotatable bonds is 7. The molecule has 0 fully saturated rings. The van der Waals surface area contributed by atoms with Crippen molar-refractivity contribution in [2.24, 2.45) is 0 Å². The van der Waals surface area contributed by atoms with Crippen LogP contribution in [0.25, 0.3) is 0 Å². The highest BCUT2D eigenvalue weighted by atomic mass is 35.5. The summed E-state index contributed by atoms with van der Waals surface area (Å²) in [5.74, 6) is -0.137. The normalized spacial score (nSPS) is 12.4. The molecule has 1 aromatic carbocycles. The predicted molar refractivity (Wildman–Crippen MR) is 94.1 cm³/mol. The van der Waals surface area contributed by atoms with E-state index in [-0.39, 0.29) is 11.9 Å². The van der Waals surface area contributed by atoms with Crippen LogP contribution in [0.15, 0.2) is 24.3 Å². The molecule has 5 nitrogen and oxygen atoms in total. The fourth-order valence-electron chi connectivity index (χ4n) is 2.55. The molecule has 23 heavy (non-hydrogen) atoms. The number of hydrogen-bond acceptors (Lipinski definition) is 5. The standard InChI is InChI=1S/C16H21ClN4OS/c1-4-21(5-2)14(12-8-6-7-9-13(12)17)10-18-16(22)15-11(3)19-20-23-15/h6-9,14H,4-5,10H2,1-3H3,(H,18,22). The Morgan fingerprint density at radius 2 is 2.04 bits per heavy atom. The zero-order valence-corrected chi connectivity index (χ0v) is 15.1. The van der Waals surface area contributed by atoms with E-state index in [1.165, 1.54) is 0 Å². The molecular formula is C16H21ClN4OS. The molecule has 7 heteroatoms. The number of nitrogens with zero attached hydrogens (tertiary/aromatic N) is 3. The van der Waals surface area contributed by atoms with Crippen molar-refractivity contribution in [1.82, 2.24) is 19.8 Å². The number of benzene rings is 1. The van der Waals surface area contributed by atoms with Gasteiger partial charge in [-0.2, -0.15) is 0 Å². The molecule has 2 aromatic rings. The van der Waals surface area contributed by atoms with Crippen LogP contribution in [0.2, 0.25) is 5.02 Å². The SMILES string of the molecule is CCN(CC)C(CNC(=O)c1snnc1C)c1ccccc1Cl. The molecule has 0 aliphatic rings. The van der Waals surface area contributed by atoms with E-state index in [9.17, 15) is 4.79 Å². The highest BCUT2D eigenvalue weighted by Gasteiger charge is 2.22. The average Bonchev–Trinajstić information content (AvgIpc) is 2.98. The van der Waals surface area contributed by atoms with Crippen LogP contribution in [-0.4, -0.2) is 40.0 Å². The summed E-state index contributed by atoms with van der Waals surface area (Å²) < 4.78 is 3.81. The van der Waals surface area contributed by atoms with E-state index in [4.69, 9.17) is 11.6 Å². The molecule has 1 aromatic heterocycles. The molecule has 1 heterocycles. The number of aromatic nitrogens is 2. The first-order valence-electron chi connectivity index (χ1n) is 7.64. The van der Waals surface area contributed by atoms with Crippen LogP contribution in [0.5, 0.6) is 0 Å². The number of carbonyl (C=O) groups excluding carboxylic acids is 1. The van der Waals surface area contributed by atoms with Gasteiger partial charge in [0.1, 0.15) is 4.88 Å². The van der Waals surface area contributed by atoms with Crippen molar-refractivity contribution < 1.29 is 4.79 Å². The second kappa shape index (κ2) is 8.38. The van der Waals surface area contributed by atoms with E-state index in [0.29, 0.717) is 22.1 Å². The largest absolute Gasteiger partial charge is 0.349 e. The smallest absolute Gasteiger partial charge is 0.265 e. The van der Waals surface area contributed by atoms with Gasteiger partial charge < -0.3 is 5.32 Å². The highest BCUT2D eigenvalue weighted by Crippen LogP contribution is 2.27. The van der Waals surface area contributed by atoms with E-state index in [0.717, 1.165) is 30.2 Å². The molecule has 0 bridgehead atoms. The molecule has 2 rings (SSSR count).